The lowest BCUT2D eigenvalue weighted by atomic mass is 10.2. The quantitative estimate of drug-likeness (QED) is 0.437. The molecule has 1 amide bonds. The number of amides is 1. The molecule has 0 unspecified atom stereocenters. The van der Waals surface area contributed by atoms with Gasteiger partial charge in [0, 0.05) is 31.7 Å². The second-order valence-corrected chi connectivity index (χ2v) is 6.35. The van der Waals surface area contributed by atoms with Gasteiger partial charge in [-0.05, 0) is 38.5 Å². The fourth-order valence-electron chi connectivity index (χ4n) is 1.71. The highest BCUT2D eigenvalue weighted by Crippen LogP contribution is 2.10. The van der Waals surface area contributed by atoms with E-state index in [-0.39, 0.29) is 0 Å². The van der Waals surface area contributed by atoms with Crippen molar-refractivity contribution in [3.63, 3.8) is 0 Å². The van der Waals surface area contributed by atoms with E-state index in [4.69, 9.17) is 16.3 Å². The number of benzene rings is 1. The molecular formula is C16H25ClN4O2. The molecule has 6 nitrogen and oxygen atoms in total. The Bertz CT molecular complexity index is 541. The summed E-state index contributed by atoms with van der Waals surface area (Å²) in [5.74, 6) is 0.649. The summed E-state index contributed by atoms with van der Waals surface area (Å²) < 4.78 is 5.15. The van der Waals surface area contributed by atoms with Crippen LogP contribution in [0.25, 0.3) is 0 Å². The summed E-state index contributed by atoms with van der Waals surface area (Å²) in [7, 11) is 1.69. The molecule has 0 heterocycles. The number of ether oxygens (including phenoxy) is 1. The van der Waals surface area contributed by atoms with Crippen LogP contribution in [0.2, 0.25) is 5.02 Å². The van der Waals surface area contributed by atoms with Crippen LogP contribution in [-0.4, -0.2) is 37.8 Å². The van der Waals surface area contributed by atoms with Crippen molar-refractivity contribution in [3.8, 4) is 0 Å². The first kappa shape index (κ1) is 19.1. The maximum absolute atomic E-state index is 11.5. The van der Waals surface area contributed by atoms with Gasteiger partial charge in [0.25, 0.3) is 0 Å². The second kappa shape index (κ2) is 9.25. The van der Waals surface area contributed by atoms with Gasteiger partial charge in [0.2, 0.25) is 0 Å². The van der Waals surface area contributed by atoms with Crippen LogP contribution in [0.4, 0.5) is 4.79 Å². The third kappa shape index (κ3) is 8.93. The fourth-order valence-corrected chi connectivity index (χ4v) is 1.93. The minimum absolute atomic E-state index is 0.429. The number of hydrogen-bond acceptors (Lipinski definition) is 3. The van der Waals surface area contributed by atoms with Crippen molar-refractivity contribution >= 4 is 23.7 Å². The third-order valence-electron chi connectivity index (χ3n) is 2.66. The molecule has 0 spiro atoms. The van der Waals surface area contributed by atoms with E-state index >= 15 is 0 Å². The van der Waals surface area contributed by atoms with Crippen LogP contribution < -0.4 is 16.0 Å². The number of alkyl carbamates (subject to hydrolysis) is 1. The molecule has 0 bridgehead atoms. The van der Waals surface area contributed by atoms with E-state index in [0.717, 1.165) is 5.56 Å². The lowest BCUT2D eigenvalue weighted by Crippen LogP contribution is -2.42. The van der Waals surface area contributed by atoms with Gasteiger partial charge in [0.05, 0.1) is 0 Å². The Labute approximate surface area is 142 Å². The molecule has 128 valence electrons. The van der Waals surface area contributed by atoms with Crippen molar-refractivity contribution in [2.45, 2.75) is 32.9 Å². The van der Waals surface area contributed by atoms with E-state index in [9.17, 15) is 4.79 Å². The molecule has 0 aliphatic rings. The lowest BCUT2D eigenvalue weighted by molar-refractivity contribution is 0.0529. The molecule has 0 radical (unpaired) electrons. The number of nitrogens with zero attached hydrogens (tertiary/aromatic N) is 1. The van der Waals surface area contributed by atoms with E-state index < -0.39 is 11.7 Å². The average Bonchev–Trinajstić information content (AvgIpc) is 2.44. The topological polar surface area (TPSA) is 74.8 Å². The smallest absolute Gasteiger partial charge is 0.407 e. The molecule has 0 aliphatic carbocycles. The minimum atomic E-state index is -0.494. The van der Waals surface area contributed by atoms with E-state index in [0.29, 0.717) is 30.6 Å². The number of aliphatic imine (C=N–C) groups is 1. The summed E-state index contributed by atoms with van der Waals surface area (Å²) in [6.45, 7) is 7.06. The lowest BCUT2D eigenvalue weighted by Gasteiger charge is -2.19. The standard InChI is InChI=1S/C16H25ClN4O2/c1-16(2,3)23-15(22)20-9-8-19-14(18-4)21-11-12-6-5-7-13(17)10-12/h5-7,10H,8-9,11H2,1-4H3,(H,20,22)(H2,18,19,21). The number of nitrogens with one attached hydrogen (secondary N) is 3. The number of carbonyl (C=O) groups is 1. The summed E-state index contributed by atoms with van der Waals surface area (Å²) in [6, 6.07) is 7.61. The third-order valence-corrected chi connectivity index (χ3v) is 2.89. The molecule has 1 aromatic carbocycles. The minimum Gasteiger partial charge on any atom is -0.444 e. The van der Waals surface area contributed by atoms with Gasteiger partial charge in [-0.15, -0.1) is 0 Å². The van der Waals surface area contributed by atoms with Gasteiger partial charge >= 0.3 is 6.09 Å². The SMILES string of the molecule is CN=C(NCCNC(=O)OC(C)(C)C)NCc1cccc(Cl)c1. The first-order valence-corrected chi connectivity index (χ1v) is 7.84. The molecule has 1 rings (SSSR count). The maximum atomic E-state index is 11.5. The molecule has 7 heteroatoms. The van der Waals surface area contributed by atoms with Crippen molar-refractivity contribution in [1.82, 2.24) is 16.0 Å². The number of hydrogen-bond donors (Lipinski definition) is 3. The predicted molar refractivity (Wildman–Crippen MR) is 93.9 cm³/mol. The van der Waals surface area contributed by atoms with Crippen LogP contribution in [0.3, 0.4) is 0 Å². The van der Waals surface area contributed by atoms with Crippen molar-refractivity contribution in [2.24, 2.45) is 4.99 Å². The monoisotopic (exact) mass is 340 g/mol. The average molecular weight is 341 g/mol. The van der Waals surface area contributed by atoms with Crippen molar-refractivity contribution in [2.75, 3.05) is 20.1 Å². The highest BCUT2D eigenvalue weighted by atomic mass is 35.5. The van der Waals surface area contributed by atoms with Crippen LogP contribution in [0.5, 0.6) is 0 Å². The van der Waals surface area contributed by atoms with E-state index in [1.165, 1.54) is 0 Å². The maximum Gasteiger partial charge on any atom is 0.407 e. The summed E-state index contributed by atoms with van der Waals surface area (Å²) in [4.78, 5) is 15.6. The Morgan fingerprint density at radius 1 is 1.22 bits per heavy atom. The summed E-state index contributed by atoms with van der Waals surface area (Å²) in [5.41, 5.74) is 0.568. The summed E-state index contributed by atoms with van der Waals surface area (Å²) >= 11 is 5.95. The van der Waals surface area contributed by atoms with Crippen LogP contribution in [-0.2, 0) is 11.3 Å². The van der Waals surface area contributed by atoms with Crippen LogP contribution in [0.15, 0.2) is 29.3 Å². The Morgan fingerprint density at radius 3 is 2.52 bits per heavy atom. The van der Waals surface area contributed by atoms with E-state index in [1.54, 1.807) is 7.05 Å². The van der Waals surface area contributed by atoms with Crippen LogP contribution in [0.1, 0.15) is 26.3 Å². The molecule has 0 atom stereocenters. The Kier molecular flexibility index (Phi) is 7.68. The van der Waals surface area contributed by atoms with Gasteiger partial charge in [-0.1, -0.05) is 23.7 Å². The first-order valence-electron chi connectivity index (χ1n) is 7.46. The zero-order valence-corrected chi connectivity index (χ0v) is 14.8. The van der Waals surface area contributed by atoms with Gasteiger partial charge < -0.3 is 20.7 Å². The van der Waals surface area contributed by atoms with Gasteiger partial charge in [-0.25, -0.2) is 4.79 Å². The number of rotatable bonds is 5. The Morgan fingerprint density at radius 2 is 1.91 bits per heavy atom. The Balaban J connectivity index is 2.26. The van der Waals surface area contributed by atoms with E-state index in [1.807, 2.05) is 45.0 Å². The highest BCUT2D eigenvalue weighted by molar-refractivity contribution is 6.30. The normalized spacial score (nSPS) is 11.8. The molecule has 0 saturated heterocycles. The van der Waals surface area contributed by atoms with Crippen molar-refractivity contribution < 1.29 is 9.53 Å². The van der Waals surface area contributed by atoms with Crippen LogP contribution >= 0.6 is 11.6 Å². The molecule has 0 aromatic heterocycles. The number of halogens is 1. The van der Waals surface area contributed by atoms with Gasteiger partial charge in [-0.2, -0.15) is 0 Å². The van der Waals surface area contributed by atoms with Crippen molar-refractivity contribution in [3.05, 3.63) is 34.9 Å². The fraction of sp³-hybridized carbons (Fsp3) is 0.500. The zero-order chi connectivity index (χ0) is 17.3. The first-order chi connectivity index (χ1) is 10.8. The zero-order valence-electron chi connectivity index (χ0n) is 14.1. The highest BCUT2D eigenvalue weighted by Gasteiger charge is 2.15. The number of guanidine groups is 1. The molecule has 0 saturated carbocycles. The molecular weight excluding hydrogens is 316 g/mol. The molecule has 1 aromatic rings. The largest absolute Gasteiger partial charge is 0.444 e. The van der Waals surface area contributed by atoms with E-state index in [2.05, 4.69) is 20.9 Å². The Hall–Kier alpha value is -1.95. The van der Waals surface area contributed by atoms with Crippen LogP contribution in [0, 0.1) is 0 Å². The molecule has 0 aliphatic heterocycles. The van der Waals surface area contributed by atoms with Gasteiger partial charge in [-0.3, -0.25) is 4.99 Å². The van der Waals surface area contributed by atoms with Gasteiger partial charge in [0.1, 0.15) is 5.60 Å². The number of carbonyl (C=O) groups excluding carboxylic acids is 1. The summed E-state index contributed by atoms with van der Waals surface area (Å²) in [6.07, 6.45) is -0.429. The molecule has 3 N–H and O–H groups in total. The summed E-state index contributed by atoms with van der Waals surface area (Å²) in [5, 5.41) is 9.66. The molecule has 23 heavy (non-hydrogen) atoms. The second-order valence-electron chi connectivity index (χ2n) is 5.91. The van der Waals surface area contributed by atoms with Gasteiger partial charge in [0.15, 0.2) is 5.96 Å². The predicted octanol–water partition coefficient (Wildman–Crippen LogP) is 2.53. The molecule has 0 fully saturated rings. The van der Waals surface area contributed by atoms with Crippen molar-refractivity contribution in [1.29, 1.82) is 0 Å².